The molecule has 2 nitrogen and oxygen atoms in total. The molecule has 0 bridgehead atoms. The second-order valence-electron chi connectivity index (χ2n) is 5.62. The van der Waals surface area contributed by atoms with Gasteiger partial charge in [0.15, 0.2) is 0 Å². The number of unbranched alkanes of at least 4 members (excludes halogenated alkanes) is 6. The minimum absolute atomic E-state index is 0.223. The van der Waals surface area contributed by atoms with Gasteiger partial charge in [0, 0.05) is 5.57 Å². The zero-order valence-electron chi connectivity index (χ0n) is 13.1. The highest BCUT2D eigenvalue weighted by atomic mass is 19.4. The van der Waals surface area contributed by atoms with Gasteiger partial charge in [0.2, 0.25) is 0 Å². The molecule has 0 saturated heterocycles. The summed E-state index contributed by atoms with van der Waals surface area (Å²) in [6.45, 7) is 6.76. The van der Waals surface area contributed by atoms with Crippen molar-refractivity contribution in [2.75, 3.05) is 6.61 Å². The van der Waals surface area contributed by atoms with Crippen LogP contribution in [0.15, 0.2) is 12.2 Å². The van der Waals surface area contributed by atoms with E-state index in [0.29, 0.717) is 18.6 Å². The summed E-state index contributed by atoms with van der Waals surface area (Å²) in [5.41, 5.74) is 0.406. The third kappa shape index (κ3) is 11.3. The third-order valence-electron chi connectivity index (χ3n) is 3.42. The Hall–Kier alpha value is -1.00. The Morgan fingerprint density at radius 3 is 2.00 bits per heavy atom. The Morgan fingerprint density at radius 1 is 1.05 bits per heavy atom. The zero-order valence-corrected chi connectivity index (χ0v) is 13.1. The lowest BCUT2D eigenvalue weighted by molar-refractivity contribution is -0.171. The van der Waals surface area contributed by atoms with Gasteiger partial charge in [0.1, 0.15) is 0 Å². The fourth-order valence-electron chi connectivity index (χ4n) is 1.89. The first-order valence-electron chi connectivity index (χ1n) is 7.64. The van der Waals surface area contributed by atoms with Crippen molar-refractivity contribution in [3.8, 4) is 0 Å². The van der Waals surface area contributed by atoms with Crippen molar-refractivity contribution in [2.24, 2.45) is 5.92 Å². The van der Waals surface area contributed by atoms with Gasteiger partial charge >= 0.3 is 12.1 Å². The molecule has 0 aromatic rings. The predicted molar refractivity (Wildman–Crippen MR) is 77.9 cm³/mol. The molecule has 0 aromatic carbocycles. The lowest BCUT2D eigenvalue weighted by Gasteiger charge is -2.14. The SMILES string of the molecule is C=C(C)C(=O)OCCCCCCCCCC(C)C(F)(F)F. The molecular formula is C16H27F3O2. The van der Waals surface area contributed by atoms with E-state index in [9.17, 15) is 18.0 Å². The normalized spacial score (nSPS) is 13.0. The van der Waals surface area contributed by atoms with Crippen molar-refractivity contribution in [1.29, 1.82) is 0 Å². The summed E-state index contributed by atoms with van der Waals surface area (Å²) < 4.78 is 41.8. The van der Waals surface area contributed by atoms with Gasteiger partial charge < -0.3 is 4.74 Å². The van der Waals surface area contributed by atoms with Gasteiger partial charge in [-0.3, -0.25) is 0 Å². The van der Waals surface area contributed by atoms with Crippen molar-refractivity contribution in [3.05, 3.63) is 12.2 Å². The monoisotopic (exact) mass is 308 g/mol. The number of halogens is 3. The van der Waals surface area contributed by atoms with Crippen LogP contribution in [0.4, 0.5) is 13.2 Å². The first kappa shape index (κ1) is 20.0. The summed E-state index contributed by atoms with van der Waals surface area (Å²) in [7, 11) is 0. The summed E-state index contributed by atoms with van der Waals surface area (Å²) in [4.78, 5) is 11.1. The molecule has 0 aliphatic rings. The molecule has 0 aromatic heterocycles. The first-order valence-corrected chi connectivity index (χ1v) is 7.64. The summed E-state index contributed by atoms with van der Waals surface area (Å²) in [5, 5.41) is 0. The lowest BCUT2D eigenvalue weighted by atomic mass is 10.0. The van der Waals surface area contributed by atoms with Crippen LogP contribution >= 0.6 is 0 Å². The van der Waals surface area contributed by atoms with Crippen LogP contribution in [-0.2, 0) is 9.53 Å². The maximum Gasteiger partial charge on any atom is 0.391 e. The van der Waals surface area contributed by atoms with Crippen molar-refractivity contribution in [3.63, 3.8) is 0 Å². The number of hydrogen-bond acceptors (Lipinski definition) is 2. The summed E-state index contributed by atoms with van der Waals surface area (Å²) in [6.07, 6.45) is 2.47. The molecule has 0 spiro atoms. The van der Waals surface area contributed by atoms with Gasteiger partial charge in [-0.2, -0.15) is 13.2 Å². The van der Waals surface area contributed by atoms with Crippen LogP contribution in [0.3, 0.4) is 0 Å². The molecule has 124 valence electrons. The van der Waals surface area contributed by atoms with Crippen molar-refractivity contribution in [1.82, 2.24) is 0 Å². The molecule has 1 atom stereocenters. The molecule has 0 N–H and O–H groups in total. The van der Waals surface area contributed by atoms with Crippen LogP contribution in [0, 0.1) is 5.92 Å². The fourth-order valence-corrected chi connectivity index (χ4v) is 1.89. The first-order chi connectivity index (χ1) is 9.75. The highest BCUT2D eigenvalue weighted by Gasteiger charge is 2.34. The number of rotatable bonds is 11. The van der Waals surface area contributed by atoms with Crippen molar-refractivity contribution >= 4 is 5.97 Å². The van der Waals surface area contributed by atoms with E-state index in [0.717, 1.165) is 38.5 Å². The standard InChI is InChI=1S/C16H27F3O2/c1-13(2)15(20)21-12-10-8-6-4-5-7-9-11-14(3)16(17,18)19/h14H,1,4-12H2,2-3H3. The van der Waals surface area contributed by atoms with E-state index in [1.165, 1.54) is 6.92 Å². The van der Waals surface area contributed by atoms with Crippen LogP contribution in [0.5, 0.6) is 0 Å². The van der Waals surface area contributed by atoms with E-state index in [-0.39, 0.29) is 12.4 Å². The molecule has 1 unspecified atom stereocenters. The van der Waals surface area contributed by atoms with E-state index >= 15 is 0 Å². The van der Waals surface area contributed by atoms with Crippen molar-refractivity contribution in [2.45, 2.75) is 71.4 Å². The average molecular weight is 308 g/mol. The Labute approximate surface area is 125 Å². The minimum Gasteiger partial charge on any atom is -0.462 e. The average Bonchev–Trinajstić information content (AvgIpc) is 2.38. The Kier molecular flexibility index (Phi) is 10.2. The van der Waals surface area contributed by atoms with Crippen LogP contribution < -0.4 is 0 Å². The van der Waals surface area contributed by atoms with Crippen LogP contribution in [-0.4, -0.2) is 18.8 Å². The number of hydrogen-bond donors (Lipinski definition) is 0. The van der Waals surface area contributed by atoms with Gasteiger partial charge in [-0.05, 0) is 19.8 Å². The summed E-state index contributed by atoms with van der Waals surface area (Å²) >= 11 is 0. The maximum atomic E-state index is 12.3. The third-order valence-corrected chi connectivity index (χ3v) is 3.42. The van der Waals surface area contributed by atoms with Gasteiger partial charge in [0.25, 0.3) is 0 Å². The Bertz CT molecular complexity index is 311. The predicted octanol–water partition coefficient (Wildman–Crippen LogP) is 5.42. The Morgan fingerprint density at radius 2 is 1.52 bits per heavy atom. The molecule has 0 rings (SSSR count). The molecule has 0 saturated carbocycles. The molecular weight excluding hydrogens is 281 g/mol. The van der Waals surface area contributed by atoms with E-state index in [2.05, 4.69) is 6.58 Å². The number of carbonyl (C=O) groups is 1. The molecule has 0 aliphatic heterocycles. The van der Waals surface area contributed by atoms with Crippen LogP contribution in [0.1, 0.15) is 65.2 Å². The molecule has 0 amide bonds. The number of esters is 1. The highest BCUT2D eigenvalue weighted by molar-refractivity contribution is 5.86. The number of alkyl halides is 3. The minimum atomic E-state index is -4.05. The van der Waals surface area contributed by atoms with Crippen molar-refractivity contribution < 1.29 is 22.7 Å². The summed E-state index contributed by atoms with van der Waals surface area (Å²) in [5.74, 6) is -1.55. The van der Waals surface area contributed by atoms with Crippen LogP contribution in [0.25, 0.3) is 0 Å². The van der Waals surface area contributed by atoms with E-state index in [1.807, 2.05) is 0 Å². The second kappa shape index (κ2) is 10.7. The maximum absolute atomic E-state index is 12.3. The van der Waals surface area contributed by atoms with E-state index in [1.54, 1.807) is 6.92 Å². The Balaban J connectivity index is 3.30. The lowest BCUT2D eigenvalue weighted by Crippen LogP contribution is -2.19. The van der Waals surface area contributed by atoms with Gasteiger partial charge in [-0.1, -0.05) is 52.0 Å². The fraction of sp³-hybridized carbons (Fsp3) is 0.812. The highest BCUT2D eigenvalue weighted by Crippen LogP contribution is 2.29. The quantitative estimate of drug-likeness (QED) is 0.289. The molecule has 0 fully saturated rings. The van der Waals surface area contributed by atoms with E-state index < -0.39 is 12.1 Å². The topological polar surface area (TPSA) is 26.3 Å². The number of carbonyl (C=O) groups excluding carboxylic acids is 1. The largest absolute Gasteiger partial charge is 0.462 e. The van der Waals surface area contributed by atoms with Gasteiger partial charge in [0.05, 0.1) is 12.5 Å². The smallest absolute Gasteiger partial charge is 0.391 e. The number of ether oxygens (including phenoxy) is 1. The molecule has 0 aliphatic carbocycles. The summed E-state index contributed by atoms with van der Waals surface area (Å²) in [6, 6.07) is 0. The molecule has 0 radical (unpaired) electrons. The zero-order chi connectivity index (χ0) is 16.3. The van der Waals surface area contributed by atoms with Gasteiger partial charge in [-0.25, -0.2) is 4.79 Å². The van der Waals surface area contributed by atoms with E-state index in [4.69, 9.17) is 4.74 Å². The molecule has 5 heteroatoms. The second-order valence-corrected chi connectivity index (χ2v) is 5.62. The van der Waals surface area contributed by atoms with Crippen LogP contribution in [0.2, 0.25) is 0 Å². The molecule has 21 heavy (non-hydrogen) atoms. The molecule has 0 heterocycles. The van der Waals surface area contributed by atoms with Gasteiger partial charge in [-0.15, -0.1) is 0 Å².